The van der Waals surface area contributed by atoms with Crippen molar-refractivity contribution in [2.45, 2.75) is 26.7 Å². The molecule has 0 amide bonds. The third-order valence-electron chi connectivity index (χ3n) is 3.28. The molecule has 0 saturated heterocycles. The van der Waals surface area contributed by atoms with Crippen molar-refractivity contribution >= 4 is 11.9 Å². The summed E-state index contributed by atoms with van der Waals surface area (Å²) in [5, 5.41) is 0. The van der Waals surface area contributed by atoms with Crippen molar-refractivity contribution in [2.75, 3.05) is 13.2 Å². The smallest absolute Gasteiger partial charge is 0.343 e. The van der Waals surface area contributed by atoms with Gasteiger partial charge in [0.25, 0.3) is 0 Å². The summed E-state index contributed by atoms with van der Waals surface area (Å²) in [6.45, 7) is 4.91. The minimum Gasteiger partial charge on any atom is -0.494 e. The summed E-state index contributed by atoms with van der Waals surface area (Å²) in [6.07, 6.45) is 1.66. The summed E-state index contributed by atoms with van der Waals surface area (Å²) in [7, 11) is 0. The molecule has 0 N–H and O–H groups in total. The van der Waals surface area contributed by atoms with Gasteiger partial charge >= 0.3 is 11.9 Å². The predicted molar refractivity (Wildman–Crippen MR) is 94.2 cm³/mol. The van der Waals surface area contributed by atoms with Gasteiger partial charge in [0.2, 0.25) is 0 Å². The second-order valence-corrected chi connectivity index (χ2v) is 5.43. The number of esters is 2. The zero-order chi connectivity index (χ0) is 18.1. The van der Waals surface area contributed by atoms with Gasteiger partial charge < -0.3 is 14.2 Å². The zero-order valence-corrected chi connectivity index (χ0v) is 14.5. The molecule has 0 atom stereocenters. The van der Waals surface area contributed by atoms with E-state index >= 15 is 0 Å². The Morgan fingerprint density at radius 1 is 0.800 bits per heavy atom. The highest BCUT2D eigenvalue weighted by Gasteiger charge is 2.11. The van der Waals surface area contributed by atoms with Gasteiger partial charge in [-0.2, -0.15) is 0 Å². The lowest BCUT2D eigenvalue weighted by atomic mass is 10.2. The Kier molecular flexibility index (Phi) is 7.01. The molecule has 0 fully saturated rings. The van der Waals surface area contributed by atoms with Crippen molar-refractivity contribution in [2.24, 2.45) is 0 Å². The van der Waals surface area contributed by atoms with E-state index in [2.05, 4.69) is 0 Å². The molecule has 5 heteroatoms. The first-order valence-electron chi connectivity index (χ1n) is 8.36. The maximum absolute atomic E-state index is 12.2. The molecule has 0 aliphatic carbocycles. The second-order valence-electron chi connectivity index (χ2n) is 5.43. The van der Waals surface area contributed by atoms with Crippen LogP contribution in [0.4, 0.5) is 0 Å². The van der Waals surface area contributed by atoms with Crippen LogP contribution in [0.3, 0.4) is 0 Å². The minimum absolute atomic E-state index is 0.358. The molecule has 0 aliphatic heterocycles. The van der Waals surface area contributed by atoms with E-state index in [1.807, 2.05) is 13.8 Å². The summed E-state index contributed by atoms with van der Waals surface area (Å²) < 4.78 is 15.9. The van der Waals surface area contributed by atoms with Crippen molar-refractivity contribution in [3.8, 4) is 11.5 Å². The van der Waals surface area contributed by atoms with Crippen LogP contribution >= 0.6 is 0 Å². The van der Waals surface area contributed by atoms with Crippen LogP contribution in [-0.4, -0.2) is 25.2 Å². The average Bonchev–Trinajstić information content (AvgIpc) is 2.65. The molecule has 0 saturated carbocycles. The standard InChI is InChI=1S/C20H22O5/c1-3-12-23-18-7-5-6-16(14-18)20(22)25-17-10-8-15(9-11-17)19(21)24-13-4-2/h5-11,14H,3-4,12-13H2,1-2H3. The topological polar surface area (TPSA) is 61.8 Å². The largest absolute Gasteiger partial charge is 0.494 e. The van der Waals surface area contributed by atoms with Gasteiger partial charge in [-0.1, -0.05) is 19.9 Å². The van der Waals surface area contributed by atoms with E-state index < -0.39 is 5.97 Å². The Morgan fingerprint density at radius 3 is 2.20 bits per heavy atom. The molecule has 0 heterocycles. The van der Waals surface area contributed by atoms with Crippen molar-refractivity contribution < 1.29 is 23.8 Å². The number of ether oxygens (including phenoxy) is 3. The molecule has 0 spiro atoms. The fraction of sp³-hybridized carbons (Fsp3) is 0.300. The normalized spacial score (nSPS) is 10.2. The molecule has 25 heavy (non-hydrogen) atoms. The molecule has 132 valence electrons. The van der Waals surface area contributed by atoms with Crippen molar-refractivity contribution in [3.63, 3.8) is 0 Å². The highest BCUT2D eigenvalue weighted by atomic mass is 16.5. The van der Waals surface area contributed by atoms with Crippen molar-refractivity contribution in [1.82, 2.24) is 0 Å². The lowest BCUT2D eigenvalue weighted by Crippen LogP contribution is -2.09. The van der Waals surface area contributed by atoms with Gasteiger partial charge in [-0.25, -0.2) is 9.59 Å². The quantitative estimate of drug-likeness (QED) is 0.530. The third kappa shape index (κ3) is 5.64. The number of hydrogen-bond acceptors (Lipinski definition) is 5. The summed E-state index contributed by atoms with van der Waals surface area (Å²) in [5.74, 6) is 0.117. The molecule has 0 aliphatic rings. The highest BCUT2D eigenvalue weighted by Crippen LogP contribution is 2.18. The molecule has 2 aromatic rings. The number of rotatable bonds is 8. The molecule has 0 aromatic heterocycles. The van der Waals surface area contributed by atoms with Crippen LogP contribution in [0.15, 0.2) is 48.5 Å². The van der Waals surface area contributed by atoms with Crippen LogP contribution in [-0.2, 0) is 4.74 Å². The van der Waals surface area contributed by atoms with Crippen LogP contribution in [0.2, 0.25) is 0 Å². The highest BCUT2D eigenvalue weighted by molar-refractivity contribution is 5.92. The van der Waals surface area contributed by atoms with Crippen molar-refractivity contribution in [1.29, 1.82) is 0 Å². The number of carbonyl (C=O) groups excluding carboxylic acids is 2. The fourth-order valence-corrected chi connectivity index (χ4v) is 2.04. The van der Waals surface area contributed by atoms with Gasteiger partial charge in [-0.15, -0.1) is 0 Å². The predicted octanol–water partition coefficient (Wildman–Crippen LogP) is 4.26. The van der Waals surface area contributed by atoms with E-state index in [0.29, 0.717) is 35.8 Å². The second kappa shape index (κ2) is 9.47. The van der Waals surface area contributed by atoms with Gasteiger partial charge in [0.05, 0.1) is 24.3 Å². The van der Waals surface area contributed by atoms with E-state index in [4.69, 9.17) is 14.2 Å². The number of carbonyl (C=O) groups is 2. The van der Waals surface area contributed by atoms with Crippen LogP contribution in [0, 0.1) is 0 Å². The Morgan fingerprint density at radius 2 is 1.52 bits per heavy atom. The Bertz CT molecular complexity index is 706. The van der Waals surface area contributed by atoms with Gasteiger partial charge in [0.1, 0.15) is 11.5 Å². The third-order valence-corrected chi connectivity index (χ3v) is 3.28. The SMILES string of the molecule is CCCOC(=O)c1ccc(OC(=O)c2cccc(OCCC)c2)cc1. The Labute approximate surface area is 147 Å². The molecular weight excluding hydrogens is 320 g/mol. The summed E-state index contributed by atoms with van der Waals surface area (Å²) in [6, 6.07) is 13.1. The monoisotopic (exact) mass is 342 g/mol. The Balaban J connectivity index is 1.99. The first kappa shape index (κ1) is 18.5. The van der Waals surface area contributed by atoms with Gasteiger partial charge in [0, 0.05) is 0 Å². The summed E-state index contributed by atoms with van der Waals surface area (Å²) >= 11 is 0. The van der Waals surface area contributed by atoms with E-state index in [1.54, 1.807) is 48.5 Å². The molecule has 5 nitrogen and oxygen atoms in total. The molecule has 0 radical (unpaired) electrons. The first-order valence-corrected chi connectivity index (χ1v) is 8.36. The van der Waals surface area contributed by atoms with Crippen molar-refractivity contribution in [3.05, 3.63) is 59.7 Å². The molecule has 2 rings (SSSR count). The minimum atomic E-state index is -0.483. The average molecular weight is 342 g/mol. The molecule has 2 aromatic carbocycles. The Hall–Kier alpha value is -2.82. The lowest BCUT2D eigenvalue weighted by Gasteiger charge is -2.08. The van der Waals surface area contributed by atoms with E-state index in [1.165, 1.54) is 0 Å². The fourth-order valence-electron chi connectivity index (χ4n) is 2.04. The lowest BCUT2D eigenvalue weighted by molar-refractivity contribution is 0.0505. The maximum atomic E-state index is 12.2. The van der Waals surface area contributed by atoms with Gasteiger partial charge in [0.15, 0.2) is 0 Å². The summed E-state index contributed by atoms with van der Waals surface area (Å²) in [4.78, 5) is 24.0. The molecule has 0 unspecified atom stereocenters. The van der Waals surface area contributed by atoms with Crippen LogP contribution in [0.5, 0.6) is 11.5 Å². The van der Waals surface area contributed by atoms with E-state index in [-0.39, 0.29) is 5.97 Å². The van der Waals surface area contributed by atoms with Gasteiger partial charge in [-0.3, -0.25) is 0 Å². The van der Waals surface area contributed by atoms with Gasteiger partial charge in [-0.05, 0) is 55.3 Å². The molecular formula is C20H22O5. The summed E-state index contributed by atoms with van der Waals surface area (Å²) in [5.41, 5.74) is 0.822. The van der Waals surface area contributed by atoms with Crippen LogP contribution in [0.25, 0.3) is 0 Å². The van der Waals surface area contributed by atoms with E-state index in [9.17, 15) is 9.59 Å². The van der Waals surface area contributed by atoms with E-state index in [0.717, 1.165) is 12.8 Å². The van der Waals surface area contributed by atoms with Crippen LogP contribution < -0.4 is 9.47 Å². The maximum Gasteiger partial charge on any atom is 0.343 e. The number of benzene rings is 2. The zero-order valence-electron chi connectivity index (χ0n) is 14.5. The number of hydrogen-bond donors (Lipinski definition) is 0. The van der Waals surface area contributed by atoms with Crippen LogP contribution in [0.1, 0.15) is 47.4 Å². The first-order chi connectivity index (χ1) is 12.1. The molecule has 0 bridgehead atoms.